The highest BCUT2D eigenvalue weighted by Gasteiger charge is 2.26. The molecule has 0 unspecified atom stereocenters. The van der Waals surface area contributed by atoms with Crippen molar-refractivity contribution in [3.8, 4) is 0 Å². The summed E-state index contributed by atoms with van der Waals surface area (Å²) in [7, 11) is 0. The lowest BCUT2D eigenvalue weighted by atomic mass is 9.92. The first-order valence-electron chi connectivity index (χ1n) is 8.31. The molecule has 126 valence electrons. The molecule has 0 spiro atoms. The van der Waals surface area contributed by atoms with Gasteiger partial charge in [0.1, 0.15) is 12.4 Å². The molecule has 0 radical (unpaired) electrons. The molecule has 1 nitrogen and oxygen atoms in total. The number of benzene rings is 3. The van der Waals surface area contributed by atoms with Crippen LogP contribution in [0.1, 0.15) is 22.3 Å². The van der Waals surface area contributed by atoms with Crippen molar-refractivity contribution in [3.63, 3.8) is 0 Å². The van der Waals surface area contributed by atoms with Crippen molar-refractivity contribution in [2.45, 2.75) is 13.0 Å². The average molecular weight is 443 g/mol. The largest absolute Gasteiger partial charge is 1.00 e. The maximum absolute atomic E-state index is 13.4. The molecule has 0 N–H and O–H groups in total. The van der Waals surface area contributed by atoms with E-state index in [2.05, 4.69) is 53.1 Å². The highest BCUT2D eigenvalue weighted by Crippen LogP contribution is 2.21. The quantitative estimate of drug-likeness (QED) is 0.426. The van der Waals surface area contributed by atoms with Crippen molar-refractivity contribution in [3.05, 3.63) is 107 Å². The van der Waals surface area contributed by atoms with Gasteiger partial charge in [-0.25, -0.2) is 8.97 Å². The molecule has 1 aliphatic rings. The fraction of sp³-hybridized carbons (Fsp3) is 0.136. The lowest BCUT2D eigenvalue weighted by molar-refractivity contribution is -0.544. The van der Waals surface area contributed by atoms with Crippen LogP contribution in [0, 0.1) is 5.82 Å². The fourth-order valence-electron chi connectivity index (χ4n) is 3.41. The van der Waals surface area contributed by atoms with E-state index in [-0.39, 0.29) is 29.8 Å². The highest BCUT2D eigenvalue weighted by molar-refractivity contribution is 6.10. The Labute approximate surface area is 164 Å². The second-order valence-corrected chi connectivity index (χ2v) is 6.17. The van der Waals surface area contributed by atoms with E-state index in [0.717, 1.165) is 25.1 Å². The molecule has 0 fully saturated rings. The van der Waals surface area contributed by atoms with Gasteiger partial charge in [0.05, 0.1) is 0 Å². The molecule has 0 amide bonds. The molecule has 0 saturated carbocycles. The molecule has 1 aliphatic heterocycles. The minimum absolute atomic E-state index is 0. The van der Waals surface area contributed by atoms with Gasteiger partial charge in [0.25, 0.3) is 0 Å². The van der Waals surface area contributed by atoms with Gasteiger partial charge in [0, 0.05) is 23.1 Å². The van der Waals surface area contributed by atoms with E-state index in [1.54, 1.807) is 12.1 Å². The molecule has 4 rings (SSSR count). The summed E-state index contributed by atoms with van der Waals surface area (Å²) in [6.45, 7) is 1.83. The molecule has 0 atom stereocenters. The van der Waals surface area contributed by atoms with Crippen molar-refractivity contribution >= 4 is 5.71 Å². The molecule has 0 bridgehead atoms. The third-order valence-corrected chi connectivity index (χ3v) is 4.57. The lowest BCUT2D eigenvalue weighted by Gasteiger charge is -2.19. The van der Waals surface area contributed by atoms with Gasteiger partial charge in [-0.05, 0) is 35.9 Å². The van der Waals surface area contributed by atoms with Crippen LogP contribution in [0.4, 0.5) is 4.39 Å². The van der Waals surface area contributed by atoms with Gasteiger partial charge in [0.15, 0.2) is 6.54 Å². The van der Waals surface area contributed by atoms with Crippen LogP contribution in [0.2, 0.25) is 0 Å². The molecule has 0 saturated heterocycles. The molecule has 1 heterocycles. The van der Waals surface area contributed by atoms with Crippen molar-refractivity contribution in [2.24, 2.45) is 0 Å². The molecule has 25 heavy (non-hydrogen) atoms. The van der Waals surface area contributed by atoms with E-state index in [0.29, 0.717) is 0 Å². The summed E-state index contributed by atoms with van der Waals surface area (Å²) in [4.78, 5) is 0. The Hall–Kier alpha value is -2.01. The van der Waals surface area contributed by atoms with Gasteiger partial charge in [-0.3, -0.25) is 0 Å². The van der Waals surface area contributed by atoms with Gasteiger partial charge >= 0.3 is 0 Å². The minimum Gasteiger partial charge on any atom is -1.00 e. The molecular weight excluding hydrogens is 424 g/mol. The van der Waals surface area contributed by atoms with Crippen LogP contribution in [0.3, 0.4) is 0 Å². The van der Waals surface area contributed by atoms with Crippen LogP contribution in [0.5, 0.6) is 0 Å². The zero-order valence-corrected chi connectivity index (χ0v) is 16.0. The monoisotopic (exact) mass is 443 g/mol. The normalized spacial score (nSPS) is 13.2. The SMILES string of the molecule is Fc1ccc(C2=[N+](Cc3ccccc3)CCc3ccccc32)cc1.[I-]. The summed E-state index contributed by atoms with van der Waals surface area (Å²) in [5.74, 6) is -0.196. The van der Waals surface area contributed by atoms with E-state index in [1.807, 2.05) is 18.2 Å². The predicted octanol–water partition coefficient (Wildman–Crippen LogP) is 1.44. The molecular formula is C22H19FIN. The van der Waals surface area contributed by atoms with E-state index in [9.17, 15) is 4.39 Å². The number of rotatable bonds is 3. The van der Waals surface area contributed by atoms with Gasteiger partial charge < -0.3 is 24.0 Å². The van der Waals surface area contributed by atoms with Gasteiger partial charge in [-0.2, -0.15) is 0 Å². The van der Waals surface area contributed by atoms with E-state index in [1.165, 1.54) is 22.4 Å². The average Bonchev–Trinajstić information content (AvgIpc) is 2.63. The Balaban J connectivity index is 0.00000182. The zero-order chi connectivity index (χ0) is 16.4. The standard InChI is InChI=1S/C22H19FN.HI/c23-20-12-10-19(11-13-20)22-21-9-5-4-8-18(21)14-15-24(22)16-17-6-2-1-3-7-17;/h1-13H,14-16H2;1H/q+1;/p-1. The Morgan fingerprint density at radius 2 is 1.48 bits per heavy atom. The van der Waals surface area contributed by atoms with E-state index >= 15 is 0 Å². The maximum atomic E-state index is 13.4. The van der Waals surface area contributed by atoms with E-state index < -0.39 is 0 Å². The maximum Gasteiger partial charge on any atom is 0.215 e. The van der Waals surface area contributed by atoms with Crippen molar-refractivity contribution in [1.29, 1.82) is 0 Å². The van der Waals surface area contributed by atoms with Crippen LogP contribution >= 0.6 is 0 Å². The zero-order valence-electron chi connectivity index (χ0n) is 13.8. The van der Waals surface area contributed by atoms with Crippen LogP contribution in [-0.4, -0.2) is 16.8 Å². The summed E-state index contributed by atoms with van der Waals surface area (Å²) in [6.07, 6.45) is 1.04. The van der Waals surface area contributed by atoms with Crippen LogP contribution in [0.25, 0.3) is 0 Å². The Morgan fingerprint density at radius 1 is 0.800 bits per heavy atom. The van der Waals surface area contributed by atoms with Crippen molar-refractivity contribution in [1.82, 2.24) is 0 Å². The summed E-state index contributed by atoms with van der Waals surface area (Å²) in [5.41, 5.74) is 6.17. The Bertz CT molecular complexity index is 885. The summed E-state index contributed by atoms with van der Waals surface area (Å²) < 4.78 is 15.8. The van der Waals surface area contributed by atoms with Crippen LogP contribution < -0.4 is 24.0 Å². The summed E-state index contributed by atoms with van der Waals surface area (Å²) in [5, 5.41) is 0. The van der Waals surface area contributed by atoms with Gasteiger partial charge in [-0.15, -0.1) is 0 Å². The van der Waals surface area contributed by atoms with E-state index in [4.69, 9.17) is 0 Å². The highest BCUT2D eigenvalue weighted by atomic mass is 127. The molecule has 0 aliphatic carbocycles. The van der Waals surface area contributed by atoms with Crippen LogP contribution in [0.15, 0.2) is 78.9 Å². The smallest absolute Gasteiger partial charge is 0.215 e. The molecule has 3 aromatic carbocycles. The first-order chi connectivity index (χ1) is 11.8. The summed E-state index contributed by atoms with van der Waals surface area (Å²) >= 11 is 0. The Morgan fingerprint density at radius 3 is 2.24 bits per heavy atom. The first-order valence-corrected chi connectivity index (χ1v) is 8.31. The van der Waals surface area contributed by atoms with Crippen molar-refractivity contribution in [2.75, 3.05) is 6.54 Å². The number of hydrogen-bond acceptors (Lipinski definition) is 0. The lowest BCUT2D eigenvalue weighted by Crippen LogP contribution is -3.00. The molecule has 0 aromatic heterocycles. The number of halogens is 2. The molecule has 3 heteroatoms. The third kappa shape index (κ3) is 3.82. The van der Waals surface area contributed by atoms with Crippen molar-refractivity contribution < 1.29 is 32.9 Å². The third-order valence-electron chi connectivity index (χ3n) is 4.57. The number of hydrogen-bond donors (Lipinski definition) is 0. The van der Waals surface area contributed by atoms with Gasteiger partial charge in [-0.1, -0.05) is 48.5 Å². The number of fused-ring (bicyclic) bond motifs is 1. The number of nitrogens with zero attached hydrogens (tertiary/aromatic N) is 1. The van der Waals surface area contributed by atoms with Crippen LogP contribution in [-0.2, 0) is 13.0 Å². The Kier molecular flexibility index (Phi) is 5.63. The minimum atomic E-state index is -0.196. The first kappa shape index (κ1) is 17.8. The fourth-order valence-corrected chi connectivity index (χ4v) is 3.41. The second-order valence-electron chi connectivity index (χ2n) is 6.17. The summed E-state index contributed by atoms with van der Waals surface area (Å²) in [6, 6.07) is 25.9. The second kappa shape index (κ2) is 7.91. The topological polar surface area (TPSA) is 3.01 Å². The van der Waals surface area contributed by atoms with Gasteiger partial charge in [0.2, 0.25) is 5.71 Å². The molecule has 3 aromatic rings. The predicted molar refractivity (Wildman–Crippen MR) is 95.0 cm³/mol.